The van der Waals surface area contributed by atoms with E-state index in [1.165, 1.54) is 0 Å². The molecule has 1 aliphatic heterocycles. The second-order valence-electron chi connectivity index (χ2n) is 4.22. The highest BCUT2D eigenvalue weighted by atomic mass is 16.5. The van der Waals surface area contributed by atoms with E-state index in [1.54, 1.807) is 0 Å². The van der Waals surface area contributed by atoms with Crippen molar-refractivity contribution in [1.82, 2.24) is 19.9 Å². The van der Waals surface area contributed by atoms with Crippen molar-refractivity contribution in [2.24, 2.45) is 0 Å². The van der Waals surface area contributed by atoms with Gasteiger partial charge in [0.15, 0.2) is 5.65 Å². The fourth-order valence-corrected chi connectivity index (χ4v) is 2.22. The average Bonchev–Trinajstić information content (AvgIpc) is 2.83. The van der Waals surface area contributed by atoms with Gasteiger partial charge in [0.1, 0.15) is 11.3 Å². The van der Waals surface area contributed by atoms with E-state index in [-0.39, 0.29) is 12.0 Å². The van der Waals surface area contributed by atoms with Crippen LogP contribution < -0.4 is 11.2 Å². The maximum atomic E-state index is 11.5. The molecule has 7 heteroatoms. The van der Waals surface area contributed by atoms with Crippen LogP contribution in [0.3, 0.4) is 0 Å². The van der Waals surface area contributed by atoms with Gasteiger partial charge in [-0.3, -0.25) is 14.8 Å². The molecule has 0 amide bonds. The van der Waals surface area contributed by atoms with E-state index in [1.807, 2.05) is 6.92 Å². The zero-order chi connectivity index (χ0) is 12.0. The first-order valence-electron chi connectivity index (χ1n) is 5.49. The lowest BCUT2D eigenvalue weighted by molar-refractivity contribution is 0.117. The molecule has 2 aromatic rings. The second kappa shape index (κ2) is 3.56. The summed E-state index contributed by atoms with van der Waals surface area (Å²) in [4.78, 5) is 34.5. The third kappa shape index (κ3) is 1.59. The predicted molar refractivity (Wildman–Crippen MR) is 60.1 cm³/mol. The van der Waals surface area contributed by atoms with E-state index in [0.717, 1.165) is 6.42 Å². The lowest BCUT2D eigenvalue weighted by atomic mass is 10.0. The highest BCUT2D eigenvalue weighted by Gasteiger charge is 2.28. The smallest absolute Gasteiger partial charge is 0.327 e. The highest BCUT2D eigenvalue weighted by molar-refractivity contribution is 5.68. The van der Waals surface area contributed by atoms with Crippen molar-refractivity contribution in [3.8, 4) is 0 Å². The molecule has 0 aliphatic carbocycles. The number of hydrogen-bond donors (Lipinski definition) is 3. The quantitative estimate of drug-likeness (QED) is 0.639. The van der Waals surface area contributed by atoms with Gasteiger partial charge in [0.25, 0.3) is 5.56 Å². The van der Waals surface area contributed by atoms with Gasteiger partial charge in [-0.05, 0) is 13.3 Å². The zero-order valence-corrected chi connectivity index (χ0v) is 9.24. The minimum Gasteiger partial charge on any atom is -0.378 e. The first-order chi connectivity index (χ1) is 8.15. The molecular weight excluding hydrogens is 224 g/mol. The van der Waals surface area contributed by atoms with Crippen LogP contribution in [0.5, 0.6) is 0 Å². The summed E-state index contributed by atoms with van der Waals surface area (Å²) in [6, 6.07) is 0. The standard InChI is InChI=1S/C10H12N4O3/c1-4-5(2-3-17-4)7-11-6-8(12-7)13-10(16)14-9(6)15/h4-5H,2-3H2,1H3,(H3,11,12,13,14,15,16). The van der Waals surface area contributed by atoms with Gasteiger partial charge in [-0.1, -0.05) is 0 Å². The van der Waals surface area contributed by atoms with Crippen LogP contribution in [0, 0.1) is 0 Å². The topological polar surface area (TPSA) is 104 Å². The van der Waals surface area contributed by atoms with Gasteiger partial charge in [-0.15, -0.1) is 0 Å². The van der Waals surface area contributed by atoms with Crippen LogP contribution in [0.2, 0.25) is 0 Å². The Morgan fingerprint density at radius 3 is 2.82 bits per heavy atom. The van der Waals surface area contributed by atoms with E-state index in [0.29, 0.717) is 23.6 Å². The molecule has 3 heterocycles. The van der Waals surface area contributed by atoms with Crippen molar-refractivity contribution < 1.29 is 4.74 Å². The van der Waals surface area contributed by atoms with Crippen LogP contribution in [0.15, 0.2) is 9.59 Å². The summed E-state index contributed by atoms with van der Waals surface area (Å²) in [6.45, 7) is 2.66. The highest BCUT2D eigenvalue weighted by Crippen LogP contribution is 2.29. The lowest BCUT2D eigenvalue weighted by Gasteiger charge is -2.09. The average molecular weight is 236 g/mol. The van der Waals surface area contributed by atoms with E-state index >= 15 is 0 Å². The molecule has 2 aromatic heterocycles. The normalized spacial score (nSPS) is 24.5. The van der Waals surface area contributed by atoms with Crippen molar-refractivity contribution in [2.45, 2.75) is 25.4 Å². The Hall–Kier alpha value is -1.89. The summed E-state index contributed by atoms with van der Waals surface area (Å²) in [5.41, 5.74) is -0.392. The van der Waals surface area contributed by atoms with Crippen LogP contribution >= 0.6 is 0 Å². The lowest BCUT2D eigenvalue weighted by Crippen LogP contribution is -2.21. The van der Waals surface area contributed by atoms with Crippen LogP contribution in [0.25, 0.3) is 11.2 Å². The fourth-order valence-electron chi connectivity index (χ4n) is 2.22. The zero-order valence-electron chi connectivity index (χ0n) is 9.24. The molecule has 3 N–H and O–H groups in total. The van der Waals surface area contributed by atoms with Crippen LogP contribution in [0.4, 0.5) is 0 Å². The Bertz CT molecular complexity index is 668. The van der Waals surface area contributed by atoms with Gasteiger partial charge in [-0.25, -0.2) is 9.78 Å². The number of hydrogen-bond acceptors (Lipinski definition) is 4. The molecule has 0 aromatic carbocycles. The summed E-state index contributed by atoms with van der Waals surface area (Å²) in [5, 5.41) is 0. The van der Waals surface area contributed by atoms with E-state index in [4.69, 9.17) is 4.74 Å². The molecule has 2 atom stereocenters. The predicted octanol–water partition coefficient (Wildman–Crippen LogP) is -0.168. The Morgan fingerprint density at radius 2 is 2.12 bits per heavy atom. The molecule has 2 unspecified atom stereocenters. The minimum absolute atomic E-state index is 0.0707. The Labute approximate surface area is 95.2 Å². The molecule has 17 heavy (non-hydrogen) atoms. The Balaban J connectivity index is 2.16. The number of nitrogens with zero attached hydrogens (tertiary/aromatic N) is 1. The second-order valence-corrected chi connectivity index (χ2v) is 4.22. The summed E-state index contributed by atoms with van der Waals surface area (Å²) in [7, 11) is 0. The maximum absolute atomic E-state index is 11.5. The van der Waals surface area contributed by atoms with Crippen molar-refractivity contribution in [1.29, 1.82) is 0 Å². The van der Waals surface area contributed by atoms with Crippen molar-refractivity contribution in [3.05, 3.63) is 26.7 Å². The number of aromatic nitrogens is 4. The first kappa shape index (κ1) is 10.3. The number of rotatable bonds is 1. The molecule has 1 aliphatic rings. The molecule has 0 bridgehead atoms. The first-order valence-corrected chi connectivity index (χ1v) is 5.49. The monoisotopic (exact) mass is 236 g/mol. The van der Waals surface area contributed by atoms with Crippen molar-refractivity contribution in [2.75, 3.05) is 6.61 Å². The third-order valence-corrected chi connectivity index (χ3v) is 3.14. The number of nitrogens with one attached hydrogen (secondary N) is 3. The van der Waals surface area contributed by atoms with Crippen LogP contribution in [0.1, 0.15) is 25.1 Å². The van der Waals surface area contributed by atoms with E-state index in [9.17, 15) is 9.59 Å². The Kier molecular flexibility index (Phi) is 2.15. The summed E-state index contributed by atoms with van der Waals surface area (Å²) in [5.74, 6) is 0.836. The number of fused-ring (bicyclic) bond motifs is 1. The van der Waals surface area contributed by atoms with Crippen LogP contribution in [-0.2, 0) is 4.74 Å². The van der Waals surface area contributed by atoms with Gasteiger partial charge in [0.05, 0.1) is 6.10 Å². The molecular formula is C10H12N4O3. The van der Waals surface area contributed by atoms with Crippen LogP contribution in [-0.4, -0.2) is 32.6 Å². The Morgan fingerprint density at radius 1 is 1.29 bits per heavy atom. The molecule has 90 valence electrons. The number of ether oxygens (including phenoxy) is 1. The van der Waals surface area contributed by atoms with Gasteiger partial charge >= 0.3 is 5.69 Å². The molecule has 1 fully saturated rings. The van der Waals surface area contributed by atoms with E-state index < -0.39 is 11.2 Å². The third-order valence-electron chi connectivity index (χ3n) is 3.14. The van der Waals surface area contributed by atoms with Gasteiger partial charge in [-0.2, -0.15) is 0 Å². The number of imidazole rings is 1. The summed E-state index contributed by atoms with van der Waals surface area (Å²) in [6.07, 6.45) is 0.935. The molecule has 0 saturated carbocycles. The molecule has 7 nitrogen and oxygen atoms in total. The SMILES string of the molecule is CC1OCCC1c1nc2[nH]c(=O)[nH]c(=O)c2[nH]1. The van der Waals surface area contributed by atoms with Gasteiger partial charge in [0, 0.05) is 12.5 Å². The maximum Gasteiger partial charge on any atom is 0.327 e. The molecule has 0 spiro atoms. The summed E-state index contributed by atoms with van der Waals surface area (Å²) >= 11 is 0. The molecule has 3 rings (SSSR count). The minimum atomic E-state index is -0.545. The van der Waals surface area contributed by atoms with Crippen molar-refractivity contribution in [3.63, 3.8) is 0 Å². The summed E-state index contributed by atoms with van der Waals surface area (Å²) < 4.78 is 5.45. The van der Waals surface area contributed by atoms with Gasteiger partial charge in [0.2, 0.25) is 0 Å². The molecule has 0 radical (unpaired) electrons. The van der Waals surface area contributed by atoms with E-state index in [2.05, 4.69) is 19.9 Å². The molecule has 1 saturated heterocycles. The van der Waals surface area contributed by atoms with Crippen molar-refractivity contribution >= 4 is 11.2 Å². The largest absolute Gasteiger partial charge is 0.378 e. The number of H-pyrrole nitrogens is 3. The number of aromatic amines is 3. The fraction of sp³-hybridized carbons (Fsp3) is 0.500. The van der Waals surface area contributed by atoms with Gasteiger partial charge < -0.3 is 9.72 Å².